The molecule has 0 aromatic heterocycles. The molecule has 0 bridgehead atoms. The van der Waals surface area contributed by atoms with Crippen LogP contribution in [0.3, 0.4) is 0 Å². The molecule has 1 rings (SSSR count). The van der Waals surface area contributed by atoms with Gasteiger partial charge in [0.1, 0.15) is 0 Å². The van der Waals surface area contributed by atoms with E-state index in [-0.39, 0.29) is 0 Å². The number of carbonyl (C=O) groups excluding carboxylic acids is 1. The van der Waals surface area contributed by atoms with Gasteiger partial charge in [-0.2, -0.15) is 0 Å². The molecule has 1 saturated heterocycles. The Hall–Kier alpha value is -0.570. The summed E-state index contributed by atoms with van der Waals surface area (Å²) in [4.78, 5) is 12.0. The summed E-state index contributed by atoms with van der Waals surface area (Å²) in [6.07, 6.45) is 0.914. The van der Waals surface area contributed by atoms with Crippen LogP contribution in [0.4, 0.5) is 0 Å². The van der Waals surface area contributed by atoms with Crippen LogP contribution in [-0.2, 0) is 4.79 Å². The lowest BCUT2D eigenvalue weighted by atomic mass is 10.2. The predicted molar refractivity (Wildman–Crippen MR) is 35.1 cm³/mol. The quantitative estimate of drug-likeness (QED) is 0.480. The van der Waals surface area contributed by atoms with Crippen LogP contribution in [0.5, 0.6) is 0 Å². The number of hydrogen-bond donors (Lipinski definition) is 1. The average Bonchev–Trinajstić information content (AvgIpc) is 1.88. The first-order chi connectivity index (χ1) is 4.33. The molecule has 52 valence electrons. The Labute approximate surface area is 55.0 Å². The summed E-state index contributed by atoms with van der Waals surface area (Å²) in [5.74, 6) is 0. The minimum absolute atomic E-state index is 0.462. The summed E-state index contributed by atoms with van der Waals surface area (Å²) in [6.45, 7) is 4.72. The van der Waals surface area contributed by atoms with E-state index in [9.17, 15) is 4.79 Å². The summed E-state index contributed by atoms with van der Waals surface area (Å²) >= 11 is 0. The Balaban J connectivity index is 2.31. The zero-order valence-corrected chi connectivity index (χ0v) is 5.63. The molecule has 0 aliphatic carbocycles. The van der Waals surface area contributed by atoms with Gasteiger partial charge in [0.2, 0.25) is 6.41 Å². The number of carbonyl (C=O) groups is 1. The normalized spacial score (nSPS) is 28.1. The summed E-state index contributed by atoms with van der Waals surface area (Å²) in [5, 5.41) is 3.25. The van der Waals surface area contributed by atoms with Crippen molar-refractivity contribution >= 4 is 6.41 Å². The van der Waals surface area contributed by atoms with Gasteiger partial charge in [0.25, 0.3) is 0 Å². The van der Waals surface area contributed by atoms with Crippen molar-refractivity contribution in [3.63, 3.8) is 0 Å². The molecule has 0 aromatic carbocycles. The molecule has 3 nitrogen and oxygen atoms in total. The van der Waals surface area contributed by atoms with Gasteiger partial charge in [0.05, 0.1) is 0 Å². The van der Waals surface area contributed by atoms with Gasteiger partial charge in [-0.05, 0) is 6.92 Å². The highest BCUT2D eigenvalue weighted by molar-refractivity contribution is 5.47. The molecule has 0 aromatic rings. The number of nitrogens with zero attached hydrogens (tertiary/aromatic N) is 1. The van der Waals surface area contributed by atoms with Crippen LogP contribution in [-0.4, -0.2) is 37.0 Å². The van der Waals surface area contributed by atoms with Gasteiger partial charge in [-0.25, -0.2) is 0 Å². The van der Waals surface area contributed by atoms with E-state index in [1.165, 1.54) is 0 Å². The van der Waals surface area contributed by atoms with Crippen molar-refractivity contribution in [2.75, 3.05) is 19.6 Å². The molecule has 1 aliphatic heterocycles. The average molecular weight is 128 g/mol. The minimum Gasteiger partial charge on any atom is -0.342 e. The summed E-state index contributed by atoms with van der Waals surface area (Å²) in [6, 6.07) is 0.462. The van der Waals surface area contributed by atoms with E-state index in [1.807, 2.05) is 0 Å². The van der Waals surface area contributed by atoms with Gasteiger partial charge >= 0.3 is 0 Å². The fourth-order valence-corrected chi connectivity index (χ4v) is 1.06. The van der Waals surface area contributed by atoms with Gasteiger partial charge < -0.3 is 10.2 Å². The number of rotatable bonds is 1. The molecule has 1 fully saturated rings. The van der Waals surface area contributed by atoms with Crippen LogP contribution in [0.1, 0.15) is 6.92 Å². The number of piperazine rings is 1. The Morgan fingerprint density at radius 1 is 1.78 bits per heavy atom. The molecular formula is C6H12N2O. The Bertz CT molecular complexity index is 105. The molecule has 1 heterocycles. The lowest BCUT2D eigenvalue weighted by molar-refractivity contribution is -0.119. The number of amides is 1. The molecule has 1 amide bonds. The highest BCUT2D eigenvalue weighted by atomic mass is 16.1. The predicted octanol–water partition coefficient (Wildman–Crippen LogP) is -0.563. The number of nitrogens with one attached hydrogen (secondary N) is 1. The second-order valence-corrected chi connectivity index (χ2v) is 2.46. The molecule has 0 spiro atoms. The molecule has 1 atom stereocenters. The van der Waals surface area contributed by atoms with Crippen LogP contribution in [0, 0.1) is 0 Å². The first-order valence-corrected chi connectivity index (χ1v) is 3.25. The first-order valence-electron chi connectivity index (χ1n) is 3.25. The van der Waals surface area contributed by atoms with Crippen LogP contribution in [0.15, 0.2) is 0 Å². The van der Waals surface area contributed by atoms with Crippen molar-refractivity contribution in [2.45, 2.75) is 13.0 Å². The molecule has 3 heteroatoms. The van der Waals surface area contributed by atoms with Crippen LogP contribution in [0.2, 0.25) is 0 Å². The fourth-order valence-electron chi connectivity index (χ4n) is 1.06. The zero-order chi connectivity index (χ0) is 6.69. The highest BCUT2D eigenvalue weighted by Gasteiger charge is 2.12. The van der Waals surface area contributed by atoms with Gasteiger partial charge in [0.15, 0.2) is 0 Å². The fraction of sp³-hybridized carbons (Fsp3) is 0.833. The maximum Gasteiger partial charge on any atom is 0.209 e. The van der Waals surface area contributed by atoms with Crippen LogP contribution >= 0.6 is 0 Å². The van der Waals surface area contributed by atoms with Gasteiger partial charge in [-0.3, -0.25) is 4.79 Å². The van der Waals surface area contributed by atoms with E-state index in [2.05, 4.69) is 12.2 Å². The molecular weight excluding hydrogens is 116 g/mol. The lowest BCUT2D eigenvalue weighted by Gasteiger charge is -2.28. The summed E-state index contributed by atoms with van der Waals surface area (Å²) in [5.41, 5.74) is 0. The molecule has 0 saturated carbocycles. The third-order valence-corrected chi connectivity index (χ3v) is 1.55. The standard InChI is InChI=1S/C6H12N2O/c1-6-4-8(5-9)3-2-7-6/h5-7H,2-4H2,1H3. The third kappa shape index (κ3) is 1.68. The van der Waals surface area contributed by atoms with Crippen LogP contribution in [0.25, 0.3) is 0 Å². The summed E-state index contributed by atoms with van der Waals surface area (Å²) < 4.78 is 0. The molecule has 1 unspecified atom stereocenters. The Morgan fingerprint density at radius 2 is 2.56 bits per heavy atom. The van der Waals surface area contributed by atoms with Crippen molar-refractivity contribution in [3.05, 3.63) is 0 Å². The highest BCUT2D eigenvalue weighted by Crippen LogP contribution is 1.93. The molecule has 1 N–H and O–H groups in total. The van der Waals surface area contributed by atoms with E-state index >= 15 is 0 Å². The minimum atomic E-state index is 0.462. The smallest absolute Gasteiger partial charge is 0.209 e. The third-order valence-electron chi connectivity index (χ3n) is 1.55. The Kier molecular flexibility index (Phi) is 2.05. The van der Waals surface area contributed by atoms with Gasteiger partial charge in [0, 0.05) is 25.7 Å². The van der Waals surface area contributed by atoms with E-state index < -0.39 is 0 Å². The SMILES string of the molecule is CC1CN(C=O)CCN1. The maximum atomic E-state index is 10.2. The molecule has 9 heavy (non-hydrogen) atoms. The van der Waals surface area contributed by atoms with Gasteiger partial charge in [-0.15, -0.1) is 0 Å². The number of hydrogen-bond acceptors (Lipinski definition) is 2. The maximum absolute atomic E-state index is 10.2. The van der Waals surface area contributed by atoms with Crippen molar-refractivity contribution in [1.82, 2.24) is 10.2 Å². The summed E-state index contributed by atoms with van der Waals surface area (Å²) in [7, 11) is 0. The topological polar surface area (TPSA) is 32.3 Å². The van der Waals surface area contributed by atoms with Crippen molar-refractivity contribution in [1.29, 1.82) is 0 Å². The van der Waals surface area contributed by atoms with Crippen LogP contribution < -0.4 is 5.32 Å². The van der Waals surface area contributed by atoms with E-state index in [0.717, 1.165) is 26.0 Å². The molecule has 1 aliphatic rings. The van der Waals surface area contributed by atoms with Gasteiger partial charge in [-0.1, -0.05) is 0 Å². The van der Waals surface area contributed by atoms with Crippen molar-refractivity contribution in [2.24, 2.45) is 0 Å². The van der Waals surface area contributed by atoms with E-state index in [0.29, 0.717) is 6.04 Å². The largest absolute Gasteiger partial charge is 0.342 e. The second kappa shape index (κ2) is 2.82. The second-order valence-electron chi connectivity index (χ2n) is 2.46. The van der Waals surface area contributed by atoms with E-state index in [4.69, 9.17) is 0 Å². The van der Waals surface area contributed by atoms with E-state index in [1.54, 1.807) is 4.90 Å². The zero-order valence-electron chi connectivity index (χ0n) is 5.63. The first kappa shape index (κ1) is 6.55. The van der Waals surface area contributed by atoms with Crippen molar-refractivity contribution in [3.8, 4) is 0 Å². The molecule has 0 radical (unpaired) electrons. The monoisotopic (exact) mass is 128 g/mol. The lowest BCUT2D eigenvalue weighted by Crippen LogP contribution is -2.48. The Morgan fingerprint density at radius 3 is 3.00 bits per heavy atom. The van der Waals surface area contributed by atoms with Crippen molar-refractivity contribution < 1.29 is 4.79 Å².